The van der Waals surface area contributed by atoms with Gasteiger partial charge >= 0.3 is 0 Å². The zero-order valence-electron chi connectivity index (χ0n) is 7.81. The van der Waals surface area contributed by atoms with E-state index in [1.165, 1.54) is 36.0 Å². The molecule has 1 aromatic rings. The Kier molecular flexibility index (Phi) is 2.56. The van der Waals surface area contributed by atoms with Crippen LogP contribution in [-0.2, 0) is 12.8 Å². The first-order chi connectivity index (χ1) is 6.31. The minimum atomic E-state index is -0.0501. The quantitative estimate of drug-likeness (QED) is 0.565. The van der Waals surface area contributed by atoms with E-state index in [9.17, 15) is 0 Å². The van der Waals surface area contributed by atoms with Gasteiger partial charge in [0.1, 0.15) is 5.50 Å². The van der Waals surface area contributed by atoms with Gasteiger partial charge in [0.15, 0.2) is 0 Å². The molecular weight excluding hydrogens is 182 g/mol. The Labute approximate surface area is 84.1 Å². The minimum absolute atomic E-state index is 0.0501. The van der Waals surface area contributed by atoms with Gasteiger partial charge in [0.25, 0.3) is 0 Å². The lowest BCUT2D eigenvalue weighted by molar-refractivity contribution is 0.782. The Balaban J connectivity index is 2.30. The van der Waals surface area contributed by atoms with Gasteiger partial charge in [-0.25, -0.2) is 0 Å². The van der Waals surface area contributed by atoms with Crippen LogP contribution in [-0.4, -0.2) is 7.05 Å². The zero-order valence-corrected chi connectivity index (χ0v) is 8.56. The van der Waals surface area contributed by atoms with Crippen molar-refractivity contribution >= 4 is 11.6 Å². The average Bonchev–Trinajstić information content (AvgIpc) is 2.63. The molecule has 1 nitrogen and oxygen atoms in total. The Morgan fingerprint density at radius 3 is 2.85 bits per heavy atom. The van der Waals surface area contributed by atoms with Gasteiger partial charge in [-0.3, -0.25) is 0 Å². The summed E-state index contributed by atoms with van der Waals surface area (Å²) in [6, 6.07) is 6.57. The fourth-order valence-electron chi connectivity index (χ4n) is 1.92. The van der Waals surface area contributed by atoms with Crippen molar-refractivity contribution in [1.82, 2.24) is 5.32 Å². The Morgan fingerprint density at radius 1 is 1.31 bits per heavy atom. The molecule has 70 valence electrons. The molecule has 1 aliphatic rings. The smallest absolute Gasteiger partial charge is 0.108 e. The van der Waals surface area contributed by atoms with E-state index in [4.69, 9.17) is 11.6 Å². The highest BCUT2D eigenvalue weighted by Crippen LogP contribution is 2.26. The molecule has 1 unspecified atom stereocenters. The summed E-state index contributed by atoms with van der Waals surface area (Å²) in [7, 11) is 1.88. The summed E-state index contributed by atoms with van der Waals surface area (Å²) in [6.45, 7) is 0. The number of rotatable bonds is 2. The number of hydrogen-bond donors (Lipinski definition) is 1. The normalized spacial score (nSPS) is 17.1. The molecule has 0 saturated carbocycles. The van der Waals surface area contributed by atoms with E-state index in [1.807, 2.05) is 7.05 Å². The van der Waals surface area contributed by atoms with Crippen LogP contribution in [0.15, 0.2) is 18.2 Å². The van der Waals surface area contributed by atoms with Gasteiger partial charge in [0.2, 0.25) is 0 Å². The summed E-state index contributed by atoms with van der Waals surface area (Å²) in [5, 5.41) is 3.04. The van der Waals surface area contributed by atoms with Crippen LogP contribution >= 0.6 is 11.6 Å². The van der Waals surface area contributed by atoms with E-state index in [1.54, 1.807) is 0 Å². The molecule has 2 rings (SSSR count). The van der Waals surface area contributed by atoms with Crippen molar-refractivity contribution in [3.8, 4) is 0 Å². The van der Waals surface area contributed by atoms with Crippen LogP contribution in [0.5, 0.6) is 0 Å². The van der Waals surface area contributed by atoms with E-state index in [0.29, 0.717) is 0 Å². The third kappa shape index (κ3) is 1.72. The van der Waals surface area contributed by atoms with Crippen molar-refractivity contribution in [3.05, 3.63) is 34.9 Å². The fourth-order valence-corrected chi connectivity index (χ4v) is 2.05. The van der Waals surface area contributed by atoms with Gasteiger partial charge in [-0.15, -0.1) is 11.6 Å². The van der Waals surface area contributed by atoms with Gasteiger partial charge in [0.05, 0.1) is 0 Å². The maximum absolute atomic E-state index is 6.08. The minimum Gasteiger partial charge on any atom is -0.301 e. The van der Waals surface area contributed by atoms with Crippen LogP contribution in [0.1, 0.15) is 28.6 Å². The summed E-state index contributed by atoms with van der Waals surface area (Å²) >= 11 is 6.08. The molecule has 13 heavy (non-hydrogen) atoms. The molecule has 0 amide bonds. The van der Waals surface area contributed by atoms with Gasteiger partial charge in [-0.1, -0.05) is 18.2 Å². The monoisotopic (exact) mass is 195 g/mol. The Hall–Kier alpha value is -0.530. The molecular formula is C11H14ClN. The van der Waals surface area contributed by atoms with Crippen molar-refractivity contribution in [3.63, 3.8) is 0 Å². The lowest BCUT2D eigenvalue weighted by Gasteiger charge is -2.09. The number of halogens is 1. The summed E-state index contributed by atoms with van der Waals surface area (Å²) in [5.41, 5.74) is 4.12. The average molecular weight is 196 g/mol. The highest BCUT2D eigenvalue weighted by molar-refractivity contribution is 6.20. The molecule has 0 aromatic heterocycles. The van der Waals surface area contributed by atoms with Crippen molar-refractivity contribution in [2.75, 3.05) is 7.05 Å². The van der Waals surface area contributed by atoms with E-state index in [0.717, 1.165) is 0 Å². The van der Waals surface area contributed by atoms with Crippen LogP contribution in [0.4, 0.5) is 0 Å². The van der Waals surface area contributed by atoms with E-state index in [-0.39, 0.29) is 5.50 Å². The van der Waals surface area contributed by atoms with E-state index >= 15 is 0 Å². The first-order valence-electron chi connectivity index (χ1n) is 4.74. The van der Waals surface area contributed by atoms with Crippen LogP contribution in [0, 0.1) is 0 Å². The molecule has 0 radical (unpaired) electrons. The summed E-state index contributed by atoms with van der Waals surface area (Å²) < 4.78 is 0. The van der Waals surface area contributed by atoms with Gasteiger partial charge in [-0.05, 0) is 43.0 Å². The number of alkyl halides is 1. The summed E-state index contributed by atoms with van der Waals surface area (Å²) in [4.78, 5) is 0. The fraction of sp³-hybridized carbons (Fsp3) is 0.455. The molecule has 0 fully saturated rings. The number of fused-ring (bicyclic) bond motifs is 1. The Bertz CT molecular complexity index is 309. The molecule has 0 aliphatic heterocycles. The van der Waals surface area contributed by atoms with Gasteiger partial charge in [-0.2, -0.15) is 0 Å². The van der Waals surface area contributed by atoms with Crippen LogP contribution in [0.2, 0.25) is 0 Å². The molecule has 1 aromatic carbocycles. The van der Waals surface area contributed by atoms with Crippen molar-refractivity contribution < 1.29 is 0 Å². The van der Waals surface area contributed by atoms with E-state index in [2.05, 4.69) is 23.5 Å². The lowest BCUT2D eigenvalue weighted by atomic mass is 10.1. The molecule has 0 saturated heterocycles. The molecule has 2 heteroatoms. The maximum atomic E-state index is 6.08. The van der Waals surface area contributed by atoms with Crippen molar-refractivity contribution in [1.29, 1.82) is 0 Å². The molecule has 0 spiro atoms. The number of benzene rings is 1. The predicted octanol–water partition coefficient (Wildman–Crippen LogP) is 2.63. The van der Waals surface area contributed by atoms with Gasteiger partial charge in [0, 0.05) is 0 Å². The largest absolute Gasteiger partial charge is 0.301 e. The first kappa shape index (κ1) is 9.04. The summed E-state index contributed by atoms with van der Waals surface area (Å²) in [6.07, 6.45) is 3.75. The standard InChI is InChI=1S/C11H14ClN/c1-13-11(12)10-6-5-8-3-2-4-9(8)7-10/h5-7,11,13H,2-4H2,1H3. The molecule has 0 heterocycles. The third-order valence-corrected chi connectivity index (χ3v) is 3.14. The first-order valence-corrected chi connectivity index (χ1v) is 5.18. The Morgan fingerprint density at radius 2 is 2.08 bits per heavy atom. The number of hydrogen-bond acceptors (Lipinski definition) is 1. The number of nitrogens with one attached hydrogen (secondary N) is 1. The third-order valence-electron chi connectivity index (χ3n) is 2.67. The van der Waals surface area contributed by atoms with Crippen LogP contribution in [0.25, 0.3) is 0 Å². The molecule has 1 atom stereocenters. The van der Waals surface area contributed by atoms with Crippen molar-refractivity contribution in [2.24, 2.45) is 0 Å². The highest BCUT2D eigenvalue weighted by Gasteiger charge is 2.12. The zero-order chi connectivity index (χ0) is 9.26. The summed E-state index contributed by atoms with van der Waals surface area (Å²) in [5.74, 6) is 0. The second-order valence-corrected chi connectivity index (χ2v) is 3.97. The molecule has 1 aliphatic carbocycles. The van der Waals surface area contributed by atoms with Crippen LogP contribution in [0.3, 0.4) is 0 Å². The number of aryl methyl sites for hydroxylation is 2. The lowest BCUT2D eigenvalue weighted by Crippen LogP contribution is -2.10. The van der Waals surface area contributed by atoms with E-state index < -0.39 is 0 Å². The van der Waals surface area contributed by atoms with Crippen molar-refractivity contribution in [2.45, 2.75) is 24.8 Å². The topological polar surface area (TPSA) is 12.0 Å². The highest BCUT2D eigenvalue weighted by atomic mass is 35.5. The van der Waals surface area contributed by atoms with Gasteiger partial charge < -0.3 is 5.32 Å². The molecule has 1 N–H and O–H groups in total. The second-order valence-electron chi connectivity index (χ2n) is 3.53. The maximum Gasteiger partial charge on any atom is 0.108 e. The second kappa shape index (κ2) is 3.69. The predicted molar refractivity (Wildman–Crippen MR) is 56.1 cm³/mol. The van der Waals surface area contributed by atoms with Crippen LogP contribution < -0.4 is 5.32 Å². The molecule has 0 bridgehead atoms. The SMILES string of the molecule is CNC(Cl)c1ccc2c(c1)CCC2.